The average molecular weight is 376 g/mol. The highest BCUT2D eigenvalue weighted by molar-refractivity contribution is 7.09. The van der Waals surface area contributed by atoms with Gasteiger partial charge in [-0.1, -0.05) is 30.3 Å². The molecule has 0 fully saturated rings. The van der Waals surface area contributed by atoms with E-state index in [1.165, 1.54) is 11.3 Å². The van der Waals surface area contributed by atoms with Gasteiger partial charge in [-0.2, -0.15) is 0 Å². The van der Waals surface area contributed by atoms with Crippen LogP contribution in [0.3, 0.4) is 0 Å². The fourth-order valence-corrected chi connectivity index (χ4v) is 3.09. The summed E-state index contributed by atoms with van der Waals surface area (Å²) < 4.78 is 10.3. The van der Waals surface area contributed by atoms with E-state index in [1.807, 2.05) is 30.3 Å². The Bertz CT molecular complexity index is 737. The number of hydrogen-bond donors (Lipinski definition) is 1. The highest BCUT2D eigenvalue weighted by atomic mass is 32.1. The second kappa shape index (κ2) is 8.80. The summed E-state index contributed by atoms with van der Waals surface area (Å²) in [5.74, 6) is -0.467. The Morgan fingerprint density at radius 2 is 1.92 bits per heavy atom. The maximum absolute atomic E-state index is 12.2. The highest BCUT2D eigenvalue weighted by Crippen LogP contribution is 2.23. The standard InChI is InChI=1S/C19H24N2O4S/c1-5-24-17(22)15-12-26-16(20-15)14(11-13-9-7-6-8-10-13)21-18(23)25-19(2,3)4/h6-10,12,14H,5,11H2,1-4H3,(H,21,23)/t14-/m0/s1. The van der Waals surface area contributed by atoms with Crippen LogP contribution >= 0.6 is 11.3 Å². The largest absolute Gasteiger partial charge is 0.461 e. The number of nitrogens with zero attached hydrogens (tertiary/aromatic N) is 1. The fourth-order valence-electron chi connectivity index (χ4n) is 2.25. The first kappa shape index (κ1) is 19.9. The summed E-state index contributed by atoms with van der Waals surface area (Å²) in [6.07, 6.45) is 0.0156. The van der Waals surface area contributed by atoms with Gasteiger partial charge in [0, 0.05) is 5.38 Å². The van der Waals surface area contributed by atoms with Crippen LogP contribution in [0.5, 0.6) is 0 Å². The lowest BCUT2D eigenvalue weighted by molar-refractivity contribution is 0.0502. The molecule has 0 unspecified atom stereocenters. The van der Waals surface area contributed by atoms with Crippen molar-refractivity contribution in [2.24, 2.45) is 0 Å². The summed E-state index contributed by atoms with van der Waals surface area (Å²) in [7, 11) is 0. The third-order valence-corrected chi connectivity index (χ3v) is 4.24. The van der Waals surface area contributed by atoms with Crippen molar-refractivity contribution in [3.63, 3.8) is 0 Å². The van der Waals surface area contributed by atoms with Gasteiger partial charge in [-0.3, -0.25) is 0 Å². The number of hydrogen-bond acceptors (Lipinski definition) is 6. The van der Waals surface area contributed by atoms with Crippen LogP contribution in [0.2, 0.25) is 0 Å². The van der Waals surface area contributed by atoms with Crippen molar-refractivity contribution in [2.75, 3.05) is 6.61 Å². The monoisotopic (exact) mass is 376 g/mol. The van der Waals surface area contributed by atoms with Crippen LogP contribution in [0, 0.1) is 0 Å². The van der Waals surface area contributed by atoms with E-state index in [9.17, 15) is 9.59 Å². The van der Waals surface area contributed by atoms with Crippen molar-refractivity contribution in [3.05, 3.63) is 52.0 Å². The first-order valence-electron chi connectivity index (χ1n) is 8.44. The Hall–Kier alpha value is -2.41. The smallest absolute Gasteiger partial charge is 0.408 e. The van der Waals surface area contributed by atoms with Crippen molar-refractivity contribution in [2.45, 2.75) is 45.8 Å². The van der Waals surface area contributed by atoms with Gasteiger partial charge in [-0.25, -0.2) is 14.6 Å². The molecule has 1 amide bonds. The lowest BCUT2D eigenvalue weighted by Crippen LogP contribution is -2.35. The van der Waals surface area contributed by atoms with Crippen molar-refractivity contribution in [3.8, 4) is 0 Å². The number of carbonyl (C=O) groups is 2. The number of benzene rings is 1. The minimum absolute atomic E-state index is 0.246. The number of amides is 1. The van der Waals surface area contributed by atoms with E-state index in [0.29, 0.717) is 11.4 Å². The molecule has 2 aromatic rings. The van der Waals surface area contributed by atoms with Crippen molar-refractivity contribution >= 4 is 23.4 Å². The lowest BCUT2D eigenvalue weighted by atomic mass is 10.1. The highest BCUT2D eigenvalue weighted by Gasteiger charge is 2.24. The average Bonchev–Trinajstić information content (AvgIpc) is 3.04. The summed E-state index contributed by atoms with van der Waals surface area (Å²) in [5.41, 5.74) is 0.692. The molecule has 0 aliphatic heterocycles. The Morgan fingerprint density at radius 3 is 2.54 bits per heavy atom. The first-order valence-corrected chi connectivity index (χ1v) is 9.32. The van der Waals surface area contributed by atoms with Gasteiger partial charge in [-0.05, 0) is 39.7 Å². The van der Waals surface area contributed by atoms with Gasteiger partial charge in [0.1, 0.15) is 10.6 Å². The van der Waals surface area contributed by atoms with E-state index < -0.39 is 23.7 Å². The predicted octanol–water partition coefficient (Wildman–Crippen LogP) is 4.13. The second-order valence-electron chi connectivity index (χ2n) is 6.68. The topological polar surface area (TPSA) is 77.5 Å². The minimum atomic E-state index is -0.597. The lowest BCUT2D eigenvalue weighted by Gasteiger charge is -2.23. The number of nitrogens with one attached hydrogen (secondary N) is 1. The number of ether oxygens (including phenoxy) is 2. The maximum atomic E-state index is 12.2. The number of esters is 1. The van der Waals surface area contributed by atoms with E-state index >= 15 is 0 Å². The normalized spacial score (nSPS) is 12.3. The van der Waals surface area contributed by atoms with Crippen LogP contribution < -0.4 is 5.32 Å². The Kier molecular flexibility index (Phi) is 6.74. The van der Waals surface area contributed by atoms with E-state index in [1.54, 1.807) is 33.1 Å². The first-order chi connectivity index (χ1) is 12.3. The Morgan fingerprint density at radius 1 is 1.23 bits per heavy atom. The summed E-state index contributed by atoms with van der Waals surface area (Å²) >= 11 is 1.31. The van der Waals surface area contributed by atoms with Gasteiger partial charge >= 0.3 is 12.1 Å². The van der Waals surface area contributed by atoms with E-state index in [0.717, 1.165) is 5.56 Å². The van der Waals surface area contributed by atoms with Crippen LogP contribution in [0.1, 0.15) is 54.8 Å². The molecule has 0 aliphatic rings. The summed E-state index contributed by atoms with van der Waals surface area (Å²) in [5, 5.41) is 5.13. The SMILES string of the molecule is CCOC(=O)c1csc([C@H](Cc2ccccc2)NC(=O)OC(C)(C)C)n1. The molecule has 7 heteroatoms. The van der Waals surface area contributed by atoms with Gasteiger partial charge < -0.3 is 14.8 Å². The van der Waals surface area contributed by atoms with Crippen molar-refractivity contribution in [1.82, 2.24) is 10.3 Å². The molecule has 1 heterocycles. The molecule has 0 saturated heterocycles. The number of aromatic nitrogens is 1. The van der Waals surface area contributed by atoms with E-state index in [4.69, 9.17) is 9.47 Å². The Balaban J connectivity index is 2.20. The third-order valence-electron chi connectivity index (χ3n) is 3.28. The van der Waals surface area contributed by atoms with Crippen LogP contribution in [0.15, 0.2) is 35.7 Å². The third kappa shape index (κ3) is 6.15. The number of alkyl carbamates (subject to hydrolysis) is 1. The molecule has 0 saturated carbocycles. The fraction of sp³-hybridized carbons (Fsp3) is 0.421. The number of rotatable bonds is 6. The van der Waals surface area contributed by atoms with Crippen LogP contribution in [0.25, 0.3) is 0 Å². The van der Waals surface area contributed by atoms with E-state index in [-0.39, 0.29) is 12.3 Å². The van der Waals surface area contributed by atoms with Crippen LogP contribution in [0.4, 0.5) is 4.79 Å². The van der Waals surface area contributed by atoms with Gasteiger partial charge in [-0.15, -0.1) is 11.3 Å². The van der Waals surface area contributed by atoms with Crippen molar-refractivity contribution < 1.29 is 19.1 Å². The predicted molar refractivity (Wildman–Crippen MR) is 100 cm³/mol. The number of carbonyl (C=O) groups excluding carboxylic acids is 2. The molecule has 1 atom stereocenters. The number of thiazole rings is 1. The van der Waals surface area contributed by atoms with Crippen molar-refractivity contribution in [1.29, 1.82) is 0 Å². The Labute approximate surface area is 157 Å². The van der Waals surface area contributed by atoms with Gasteiger partial charge in [0.15, 0.2) is 5.69 Å². The van der Waals surface area contributed by atoms with Crippen LogP contribution in [-0.2, 0) is 15.9 Å². The molecular weight excluding hydrogens is 352 g/mol. The molecule has 1 N–H and O–H groups in total. The molecule has 2 rings (SSSR count). The zero-order chi connectivity index (χ0) is 19.2. The molecule has 0 aliphatic carbocycles. The molecule has 0 radical (unpaired) electrons. The molecule has 1 aromatic carbocycles. The summed E-state index contributed by atoms with van der Waals surface area (Å²) in [6, 6.07) is 9.35. The summed E-state index contributed by atoms with van der Waals surface area (Å²) in [6.45, 7) is 7.45. The van der Waals surface area contributed by atoms with Gasteiger partial charge in [0.05, 0.1) is 12.6 Å². The van der Waals surface area contributed by atoms with Crippen LogP contribution in [-0.4, -0.2) is 29.3 Å². The zero-order valence-corrected chi connectivity index (χ0v) is 16.3. The second-order valence-corrected chi connectivity index (χ2v) is 7.57. The minimum Gasteiger partial charge on any atom is -0.461 e. The quantitative estimate of drug-likeness (QED) is 0.767. The molecule has 140 valence electrons. The molecule has 0 spiro atoms. The molecule has 0 bridgehead atoms. The van der Waals surface area contributed by atoms with Gasteiger partial charge in [0.25, 0.3) is 0 Å². The molecular formula is C19H24N2O4S. The molecule has 1 aromatic heterocycles. The van der Waals surface area contributed by atoms with Gasteiger partial charge in [0.2, 0.25) is 0 Å². The molecule has 26 heavy (non-hydrogen) atoms. The maximum Gasteiger partial charge on any atom is 0.408 e. The zero-order valence-electron chi connectivity index (χ0n) is 15.4. The summed E-state index contributed by atoms with van der Waals surface area (Å²) in [4.78, 5) is 28.4. The van der Waals surface area contributed by atoms with E-state index in [2.05, 4.69) is 10.3 Å². The molecule has 6 nitrogen and oxygen atoms in total.